The largest absolute Gasteiger partial charge is 0.507 e. The first kappa shape index (κ1) is 14.0. The first-order valence-electron chi connectivity index (χ1n) is 5.67. The molecule has 1 atom stereocenters. The Hall–Kier alpha value is -1.45. The second-order valence-corrected chi connectivity index (χ2v) is 5.01. The Morgan fingerprint density at radius 1 is 1.11 bits per heavy atom. The number of nitrogens with one attached hydrogen (secondary N) is 1. The fourth-order valence-electron chi connectivity index (χ4n) is 1.80. The Balaban J connectivity index is 2.20. The Kier molecular flexibility index (Phi) is 4.17. The third-order valence-electron chi connectivity index (χ3n) is 2.76. The van der Waals surface area contributed by atoms with Gasteiger partial charge in [-0.3, -0.25) is 0 Å². The van der Waals surface area contributed by atoms with Gasteiger partial charge in [-0.2, -0.15) is 0 Å². The maximum absolute atomic E-state index is 12.9. The van der Waals surface area contributed by atoms with E-state index in [1.165, 1.54) is 6.07 Å². The van der Waals surface area contributed by atoms with Gasteiger partial charge in [0.25, 0.3) is 0 Å². The van der Waals surface area contributed by atoms with E-state index in [4.69, 9.17) is 23.2 Å². The van der Waals surface area contributed by atoms with Crippen molar-refractivity contribution in [2.75, 3.05) is 5.32 Å². The summed E-state index contributed by atoms with van der Waals surface area (Å²) in [6.07, 6.45) is 0. The zero-order valence-electron chi connectivity index (χ0n) is 10.1. The minimum atomic E-state index is -0.469. The normalized spacial score (nSPS) is 12.2. The average Bonchev–Trinajstić information content (AvgIpc) is 2.33. The van der Waals surface area contributed by atoms with Crippen LogP contribution in [-0.4, -0.2) is 5.11 Å². The van der Waals surface area contributed by atoms with Crippen LogP contribution in [-0.2, 0) is 0 Å². The van der Waals surface area contributed by atoms with Crippen LogP contribution >= 0.6 is 23.2 Å². The fraction of sp³-hybridized carbons (Fsp3) is 0.143. The quantitative estimate of drug-likeness (QED) is 0.835. The molecule has 0 bridgehead atoms. The van der Waals surface area contributed by atoms with Crippen LogP contribution in [0.2, 0.25) is 10.0 Å². The number of phenolic OH excluding ortho intramolecular Hbond substituents is 1. The summed E-state index contributed by atoms with van der Waals surface area (Å²) < 4.78 is 12.9. The van der Waals surface area contributed by atoms with E-state index in [1.54, 1.807) is 24.3 Å². The Labute approximate surface area is 120 Å². The molecule has 0 aliphatic rings. The molecule has 100 valence electrons. The fourth-order valence-corrected chi connectivity index (χ4v) is 2.09. The van der Waals surface area contributed by atoms with Gasteiger partial charge in [0.1, 0.15) is 11.6 Å². The molecule has 0 aromatic heterocycles. The van der Waals surface area contributed by atoms with Gasteiger partial charge >= 0.3 is 0 Å². The molecule has 2 aromatic carbocycles. The van der Waals surface area contributed by atoms with E-state index >= 15 is 0 Å². The molecule has 0 saturated carbocycles. The number of halogens is 3. The first-order chi connectivity index (χ1) is 8.97. The van der Waals surface area contributed by atoms with Crippen molar-refractivity contribution in [3.05, 3.63) is 57.8 Å². The zero-order valence-corrected chi connectivity index (χ0v) is 11.6. The predicted molar refractivity (Wildman–Crippen MR) is 76.6 cm³/mol. The van der Waals surface area contributed by atoms with E-state index in [-0.39, 0.29) is 11.8 Å². The van der Waals surface area contributed by atoms with Crippen LogP contribution in [0.3, 0.4) is 0 Å². The average molecular weight is 300 g/mol. The monoisotopic (exact) mass is 299 g/mol. The SMILES string of the molecule is CC(Nc1ccc(Cl)c(Cl)c1)c1ccc(F)cc1O. The van der Waals surface area contributed by atoms with Crippen molar-refractivity contribution >= 4 is 28.9 Å². The van der Waals surface area contributed by atoms with Gasteiger partial charge in [-0.15, -0.1) is 0 Å². The van der Waals surface area contributed by atoms with Gasteiger partial charge in [0.2, 0.25) is 0 Å². The lowest BCUT2D eigenvalue weighted by Crippen LogP contribution is -2.07. The molecule has 1 unspecified atom stereocenters. The molecule has 2 N–H and O–H groups in total. The second-order valence-electron chi connectivity index (χ2n) is 4.20. The Morgan fingerprint density at radius 3 is 2.47 bits per heavy atom. The molecule has 0 amide bonds. The van der Waals surface area contributed by atoms with E-state index in [0.29, 0.717) is 15.6 Å². The van der Waals surface area contributed by atoms with Gasteiger partial charge in [0.05, 0.1) is 16.1 Å². The summed E-state index contributed by atoms with van der Waals surface area (Å²) in [5.41, 5.74) is 1.37. The predicted octanol–water partition coefficient (Wildman–Crippen LogP) is 5.01. The third kappa shape index (κ3) is 3.31. The number of anilines is 1. The molecule has 0 saturated heterocycles. The second kappa shape index (κ2) is 5.68. The van der Waals surface area contributed by atoms with E-state index in [0.717, 1.165) is 11.8 Å². The van der Waals surface area contributed by atoms with Crippen molar-refractivity contribution in [3.63, 3.8) is 0 Å². The molecule has 2 rings (SSSR count). The number of hydrogen-bond acceptors (Lipinski definition) is 2. The standard InChI is InChI=1S/C14H12Cl2FNO/c1-8(11-4-2-9(17)6-14(11)19)18-10-3-5-12(15)13(16)7-10/h2-8,18-19H,1H3. The van der Waals surface area contributed by atoms with Gasteiger partial charge in [-0.25, -0.2) is 4.39 Å². The lowest BCUT2D eigenvalue weighted by atomic mass is 10.1. The summed E-state index contributed by atoms with van der Waals surface area (Å²) in [6.45, 7) is 1.86. The molecular weight excluding hydrogens is 288 g/mol. The van der Waals surface area contributed by atoms with Crippen LogP contribution in [0.15, 0.2) is 36.4 Å². The summed E-state index contributed by atoms with van der Waals surface area (Å²) in [4.78, 5) is 0. The summed E-state index contributed by atoms with van der Waals surface area (Å²) in [7, 11) is 0. The summed E-state index contributed by atoms with van der Waals surface area (Å²) >= 11 is 11.8. The number of hydrogen-bond donors (Lipinski definition) is 2. The molecule has 2 aromatic rings. The number of phenols is 1. The smallest absolute Gasteiger partial charge is 0.126 e. The summed E-state index contributed by atoms with van der Waals surface area (Å²) in [5.74, 6) is -0.553. The molecule has 0 spiro atoms. The van der Waals surface area contributed by atoms with E-state index in [1.807, 2.05) is 6.92 Å². The van der Waals surface area contributed by atoms with Crippen molar-refractivity contribution in [2.45, 2.75) is 13.0 Å². The molecule has 0 aliphatic heterocycles. The van der Waals surface area contributed by atoms with E-state index < -0.39 is 5.82 Å². The minimum absolute atomic E-state index is 0.0833. The highest BCUT2D eigenvalue weighted by Gasteiger charge is 2.11. The molecule has 19 heavy (non-hydrogen) atoms. The zero-order chi connectivity index (χ0) is 14.0. The topological polar surface area (TPSA) is 32.3 Å². The molecule has 5 heteroatoms. The summed E-state index contributed by atoms with van der Waals surface area (Å²) in [5, 5.41) is 13.8. The molecule has 0 aliphatic carbocycles. The Bertz CT molecular complexity index is 604. The molecular formula is C14H12Cl2FNO. The third-order valence-corrected chi connectivity index (χ3v) is 3.50. The van der Waals surface area contributed by atoms with Crippen molar-refractivity contribution in [1.82, 2.24) is 0 Å². The van der Waals surface area contributed by atoms with Crippen LogP contribution in [0.4, 0.5) is 10.1 Å². The molecule has 0 radical (unpaired) electrons. The minimum Gasteiger partial charge on any atom is -0.507 e. The van der Waals surface area contributed by atoms with Gasteiger partial charge in [-0.1, -0.05) is 29.3 Å². The lowest BCUT2D eigenvalue weighted by Gasteiger charge is -2.17. The van der Waals surface area contributed by atoms with Gasteiger partial charge < -0.3 is 10.4 Å². The van der Waals surface area contributed by atoms with Gasteiger partial charge in [0.15, 0.2) is 0 Å². The number of aromatic hydroxyl groups is 1. The summed E-state index contributed by atoms with van der Waals surface area (Å²) in [6, 6.07) is 8.90. The van der Waals surface area contributed by atoms with Crippen LogP contribution in [0.25, 0.3) is 0 Å². The van der Waals surface area contributed by atoms with E-state index in [9.17, 15) is 9.50 Å². The highest BCUT2D eigenvalue weighted by molar-refractivity contribution is 6.42. The van der Waals surface area contributed by atoms with Crippen molar-refractivity contribution in [1.29, 1.82) is 0 Å². The number of rotatable bonds is 3. The molecule has 2 nitrogen and oxygen atoms in total. The molecule has 0 heterocycles. The van der Waals surface area contributed by atoms with Crippen LogP contribution < -0.4 is 5.32 Å². The maximum Gasteiger partial charge on any atom is 0.126 e. The Morgan fingerprint density at radius 2 is 1.84 bits per heavy atom. The van der Waals surface area contributed by atoms with Crippen LogP contribution in [0, 0.1) is 5.82 Å². The van der Waals surface area contributed by atoms with Crippen molar-refractivity contribution in [2.24, 2.45) is 0 Å². The number of benzene rings is 2. The lowest BCUT2D eigenvalue weighted by molar-refractivity contribution is 0.459. The highest BCUT2D eigenvalue weighted by atomic mass is 35.5. The highest BCUT2D eigenvalue weighted by Crippen LogP contribution is 2.30. The van der Waals surface area contributed by atoms with Gasteiger partial charge in [0, 0.05) is 17.3 Å². The molecule has 0 fully saturated rings. The van der Waals surface area contributed by atoms with E-state index in [2.05, 4.69) is 5.32 Å². The van der Waals surface area contributed by atoms with Crippen molar-refractivity contribution < 1.29 is 9.50 Å². The van der Waals surface area contributed by atoms with Crippen LogP contribution in [0.1, 0.15) is 18.5 Å². The maximum atomic E-state index is 12.9. The van der Waals surface area contributed by atoms with Crippen LogP contribution in [0.5, 0.6) is 5.75 Å². The van der Waals surface area contributed by atoms with Gasteiger partial charge in [-0.05, 0) is 31.2 Å². The first-order valence-corrected chi connectivity index (χ1v) is 6.43. The van der Waals surface area contributed by atoms with Crippen molar-refractivity contribution in [3.8, 4) is 5.75 Å².